The molecule has 0 aromatic heterocycles. The molecule has 0 spiro atoms. The lowest BCUT2D eigenvalue weighted by Crippen LogP contribution is -2.26. The average Bonchev–Trinajstić information content (AvgIpc) is 2.54. The van der Waals surface area contributed by atoms with E-state index in [1.807, 2.05) is 48.5 Å². The zero-order valence-electron chi connectivity index (χ0n) is 12.6. The van der Waals surface area contributed by atoms with E-state index < -0.39 is 0 Å². The SMILES string of the molecule is COc1ccc(CC(=O)NCCCc2ccc(Cl)cc2)cc1. The fourth-order valence-corrected chi connectivity index (χ4v) is 2.29. The number of amides is 1. The summed E-state index contributed by atoms with van der Waals surface area (Å²) in [5, 5.41) is 3.69. The van der Waals surface area contributed by atoms with E-state index in [2.05, 4.69) is 5.32 Å². The molecule has 0 saturated carbocycles. The summed E-state index contributed by atoms with van der Waals surface area (Å²) in [4.78, 5) is 11.9. The van der Waals surface area contributed by atoms with Crippen molar-refractivity contribution in [3.63, 3.8) is 0 Å². The maximum Gasteiger partial charge on any atom is 0.224 e. The first-order valence-electron chi connectivity index (χ1n) is 7.31. The van der Waals surface area contributed by atoms with E-state index in [-0.39, 0.29) is 5.91 Å². The van der Waals surface area contributed by atoms with Crippen LogP contribution < -0.4 is 10.1 Å². The molecule has 0 heterocycles. The van der Waals surface area contributed by atoms with Crippen LogP contribution in [0.1, 0.15) is 17.5 Å². The molecular formula is C18H20ClNO2. The van der Waals surface area contributed by atoms with Gasteiger partial charge in [-0.2, -0.15) is 0 Å². The molecule has 0 atom stereocenters. The van der Waals surface area contributed by atoms with Gasteiger partial charge in [-0.15, -0.1) is 0 Å². The Labute approximate surface area is 136 Å². The molecule has 2 rings (SSSR count). The predicted octanol–water partition coefficient (Wildman–Crippen LogP) is 3.64. The summed E-state index contributed by atoms with van der Waals surface area (Å²) in [6.07, 6.45) is 2.24. The van der Waals surface area contributed by atoms with Gasteiger partial charge in [0.15, 0.2) is 0 Å². The van der Waals surface area contributed by atoms with Crippen molar-refractivity contribution in [3.8, 4) is 5.75 Å². The molecule has 0 radical (unpaired) electrons. The number of carbonyl (C=O) groups is 1. The van der Waals surface area contributed by atoms with Gasteiger partial charge in [-0.05, 0) is 48.2 Å². The first-order valence-corrected chi connectivity index (χ1v) is 7.69. The fraction of sp³-hybridized carbons (Fsp3) is 0.278. The number of methoxy groups -OCH3 is 1. The summed E-state index contributed by atoms with van der Waals surface area (Å²) in [6, 6.07) is 15.4. The third-order valence-corrected chi connectivity index (χ3v) is 3.65. The van der Waals surface area contributed by atoms with E-state index in [9.17, 15) is 4.79 Å². The van der Waals surface area contributed by atoms with Gasteiger partial charge in [0.2, 0.25) is 5.91 Å². The van der Waals surface area contributed by atoms with E-state index in [0.29, 0.717) is 13.0 Å². The Bertz CT molecular complexity index is 593. The number of benzene rings is 2. The van der Waals surface area contributed by atoms with Crippen molar-refractivity contribution in [2.45, 2.75) is 19.3 Å². The molecule has 0 saturated heterocycles. The van der Waals surface area contributed by atoms with Crippen LogP contribution in [0.4, 0.5) is 0 Å². The van der Waals surface area contributed by atoms with Crippen molar-refractivity contribution in [1.29, 1.82) is 0 Å². The van der Waals surface area contributed by atoms with Gasteiger partial charge in [-0.25, -0.2) is 0 Å². The smallest absolute Gasteiger partial charge is 0.224 e. The topological polar surface area (TPSA) is 38.3 Å². The molecule has 1 amide bonds. The third-order valence-electron chi connectivity index (χ3n) is 3.40. The van der Waals surface area contributed by atoms with Crippen LogP contribution in [0.2, 0.25) is 5.02 Å². The number of hydrogen-bond donors (Lipinski definition) is 1. The molecule has 3 nitrogen and oxygen atoms in total. The molecule has 22 heavy (non-hydrogen) atoms. The van der Waals surface area contributed by atoms with Crippen molar-refractivity contribution < 1.29 is 9.53 Å². The molecule has 4 heteroatoms. The van der Waals surface area contributed by atoms with Gasteiger partial charge in [0.1, 0.15) is 5.75 Å². The lowest BCUT2D eigenvalue weighted by Gasteiger charge is -2.06. The lowest BCUT2D eigenvalue weighted by molar-refractivity contribution is -0.120. The summed E-state index contributed by atoms with van der Waals surface area (Å²) in [7, 11) is 1.63. The molecule has 116 valence electrons. The van der Waals surface area contributed by atoms with Gasteiger partial charge >= 0.3 is 0 Å². The number of halogens is 1. The fourth-order valence-electron chi connectivity index (χ4n) is 2.16. The van der Waals surface area contributed by atoms with Crippen molar-refractivity contribution >= 4 is 17.5 Å². The molecule has 0 fully saturated rings. The van der Waals surface area contributed by atoms with Crippen molar-refractivity contribution in [2.24, 2.45) is 0 Å². The average molecular weight is 318 g/mol. The number of ether oxygens (including phenoxy) is 1. The standard InChI is InChI=1S/C18H20ClNO2/c1-22-17-10-6-15(7-11-17)13-18(21)20-12-2-3-14-4-8-16(19)9-5-14/h4-11H,2-3,12-13H2,1H3,(H,20,21). The normalized spacial score (nSPS) is 10.3. The largest absolute Gasteiger partial charge is 0.497 e. The van der Waals surface area contributed by atoms with Crippen molar-refractivity contribution in [1.82, 2.24) is 5.32 Å². The van der Waals surface area contributed by atoms with Crippen LogP contribution in [0, 0.1) is 0 Å². The quantitative estimate of drug-likeness (QED) is 0.792. The number of aryl methyl sites for hydroxylation is 1. The first-order chi connectivity index (χ1) is 10.7. The highest BCUT2D eigenvalue weighted by Crippen LogP contribution is 2.12. The molecular weight excluding hydrogens is 298 g/mol. The van der Waals surface area contributed by atoms with Crippen LogP contribution in [0.25, 0.3) is 0 Å². The third kappa shape index (κ3) is 5.41. The number of hydrogen-bond acceptors (Lipinski definition) is 2. The van der Waals surface area contributed by atoms with E-state index in [1.54, 1.807) is 7.11 Å². The van der Waals surface area contributed by atoms with Gasteiger partial charge in [0.05, 0.1) is 13.5 Å². The molecule has 0 aliphatic rings. The predicted molar refractivity (Wildman–Crippen MR) is 89.5 cm³/mol. The highest BCUT2D eigenvalue weighted by molar-refractivity contribution is 6.30. The van der Waals surface area contributed by atoms with Crippen LogP contribution in [0.3, 0.4) is 0 Å². The highest BCUT2D eigenvalue weighted by Gasteiger charge is 2.03. The molecule has 0 aliphatic heterocycles. The Balaban J connectivity index is 1.67. The molecule has 1 N–H and O–H groups in total. The van der Waals surface area contributed by atoms with E-state index in [0.717, 1.165) is 29.2 Å². The minimum atomic E-state index is 0.0428. The highest BCUT2D eigenvalue weighted by atomic mass is 35.5. The zero-order valence-corrected chi connectivity index (χ0v) is 13.4. The van der Waals surface area contributed by atoms with Gasteiger partial charge in [0, 0.05) is 11.6 Å². The van der Waals surface area contributed by atoms with E-state index in [1.165, 1.54) is 5.56 Å². The second-order valence-corrected chi connectivity index (χ2v) is 5.54. The van der Waals surface area contributed by atoms with Crippen LogP contribution >= 0.6 is 11.6 Å². The first kappa shape index (κ1) is 16.4. The summed E-state index contributed by atoms with van der Waals surface area (Å²) >= 11 is 5.85. The molecule has 0 bridgehead atoms. The number of carbonyl (C=O) groups excluding carboxylic acids is 1. The zero-order chi connectivity index (χ0) is 15.8. The van der Waals surface area contributed by atoms with Gasteiger partial charge in [-0.1, -0.05) is 35.9 Å². The molecule has 0 aliphatic carbocycles. The van der Waals surface area contributed by atoms with E-state index >= 15 is 0 Å². The Kier molecular flexibility index (Phi) is 6.28. The maximum absolute atomic E-state index is 11.9. The van der Waals surface area contributed by atoms with E-state index in [4.69, 9.17) is 16.3 Å². The Morgan fingerprint density at radius 1 is 1.05 bits per heavy atom. The van der Waals surface area contributed by atoms with Crippen LogP contribution in [0.15, 0.2) is 48.5 Å². The Hall–Kier alpha value is -2.00. The Morgan fingerprint density at radius 2 is 1.68 bits per heavy atom. The second-order valence-electron chi connectivity index (χ2n) is 5.10. The minimum Gasteiger partial charge on any atom is -0.497 e. The monoisotopic (exact) mass is 317 g/mol. The summed E-state index contributed by atoms with van der Waals surface area (Å²) in [5.74, 6) is 0.841. The van der Waals surface area contributed by atoms with Crippen LogP contribution in [-0.2, 0) is 17.6 Å². The van der Waals surface area contributed by atoms with Gasteiger partial charge < -0.3 is 10.1 Å². The Morgan fingerprint density at radius 3 is 2.32 bits per heavy atom. The maximum atomic E-state index is 11.9. The van der Waals surface area contributed by atoms with Gasteiger partial charge in [-0.3, -0.25) is 4.79 Å². The second kappa shape index (κ2) is 8.44. The summed E-state index contributed by atoms with van der Waals surface area (Å²) in [6.45, 7) is 0.678. The lowest BCUT2D eigenvalue weighted by atomic mass is 10.1. The summed E-state index contributed by atoms with van der Waals surface area (Å²) < 4.78 is 5.09. The van der Waals surface area contributed by atoms with Crippen LogP contribution in [0.5, 0.6) is 5.75 Å². The van der Waals surface area contributed by atoms with Crippen molar-refractivity contribution in [3.05, 3.63) is 64.7 Å². The molecule has 2 aromatic rings. The minimum absolute atomic E-state index is 0.0428. The van der Waals surface area contributed by atoms with Gasteiger partial charge in [0.25, 0.3) is 0 Å². The molecule has 0 unspecified atom stereocenters. The molecule has 2 aromatic carbocycles. The summed E-state index contributed by atoms with van der Waals surface area (Å²) in [5.41, 5.74) is 2.21. The van der Waals surface area contributed by atoms with Crippen molar-refractivity contribution in [2.75, 3.05) is 13.7 Å². The number of rotatable bonds is 7. The van der Waals surface area contributed by atoms with Crippen LogP contribution in [-0.4, -0.2) is 19.6 Å². The number of nitrogens with one attached hydrogen (secondary N) is 1.